The Kier molecular flexibility index (Phi) is 3.11. The van der Waals surface area contributed by atoms with Gasteiger partial charge in [0.2, 0.25) is 0 Å². The lowest BCUT2D eigenvalue weighted by Crippen LogP contribution is -2.15. The fourth-order valence-electron chi connectivity index (χ4n) is 1.26. The Hall–Kier alpha value is -1.72. The van der Waals surface area contributed by atoms with E-state index in [-0.39, 0.29) is 6.29 Å². The largest absolute Gasteiger partial charge is 0.417 e. The van der Waals surface area contributed by atoms with Crippen LogP contribution in [0.2, 0.25) is 0 Å². The van der Waals surface area contributed by atoms with Crippen LogP contribution in [0.15, 0.2) is 12.1 Å². The zero-order valence-corrected chi connectivity index (χ0v) is 8.06. The molecule has 86 valence electrons. The molecule has 1 aromatic carbocycles. The van der Waals surface area contributed by atoms with Crippen molar-refractivity contribution in [1.82, 2.24) is 0 Å². The highest BCUT2D eigenvalue weighted by Gasteiger charge is 2.36. The first kappa shape index (κ1) is 12.4. The molecular weight excluding hydrogens is 228 g/mol. The molecule has 16 heavy (non-hydrogen) atoms. The first-order valence-electron chi connectivity index (χ1n) is 4.15. The lowest BCUT2D eigenvalue weighted by molar-refractivity contribution is -0.138. The number of halogens is 4. The van der Waals surface area contributed by atoms with Gasteiger partial charge in [-0.1, -0.05) is 0 Å². The fourth-order valence-corrected chi connectivity index (χ4v) is 1.26. The molecule has 0 heterocycles. The van der Waals surface area contributed by atoms with Crippen LogP contribution < -0.4 is 0 Å². The Morgan fingerprint density at radius 3 is 2.25 bits per heavy atom. The maximum Gasteiger partial charge on any atom is 0.417 e. The molecule has 0 aliphatic carbocycles. The number of Topliss-reactive ketones (excluding diaryl/α,β-unsaturated/α-hetero) is 1. The fraction of sp³-hybridized carbons (Fsp3) is 0.200. The average molecular weight is 234 g/mol. The molecule has 0 saturated carbocycles. The maximum absolute atomic E-state index is 13.4. The summed E-state index contributed by atoms with van der Waals surface area (Å²) in [6, 6.07) is 1.21. The van der Waals surface area contributed by atoms with Crippen LogP contribution in [-0.4, -0.2) is 12.1 Å². The molecule has 1 rings (SSSR count). The number of carbonyl (C=O) groups excluding carboxylic acids is 2. The Labute approximate surface area is 87.9 Å². The number of rotatable bonds is 2. The van der Waals surface area contributed by atoms with Gasteiger partial charge in [0.25, 0.3) is 0 Å². The summed E-state index contributed by atoms with van der Waals surface area (Å²) in [5.74, 6) is -2.51. The summed E-state index contributed by atoms with van der Waals surface area (Å²) >= 11 is 0. The van der Waals surface area contributed by atoms with Crippen molar-refractivity contribution in [1.29, 1.82) is 0 Å². The Bertz CT molecular complexity index is 449. The van der Waals surface area contributed by atoms with Gasteiger partial charge in [-0.3, -0.25) is 9.59 Å². The second kappa shape index (κ2) is 4.03. The second-order valence-electron chi connectivity index (χ2n) is 3.06. The summed E-state index contributed by atoms with van der Waals surface area (Å²) < 4.78 is 50.6. The van der Waals surface area contributed by atoms with Gasteiger partial charge in [-0.2, -0.15) is 13.2 Å². The predicted octanol–water partition coefficient (Wildman–Crippen LogP) is 2.86. The molecule has 0 amide bonds. The van der Waals surface area contributed by atoms with Gasteiger partial charge in [-0.05, 0) is 19.1 Å². The second-order valence-corrected chi connectivity index (χ2v) is 3.06. The summed E-state index contributed by atoms with van der Waals surface area (Å²) in [7, 11) is 0. The maximum atomic E-state index is 13.4. The van der Waals surface area contributed by atoms with Crippen LogP contribution in [0.25, 0.3) is 0 Å². The van der Waals surface area contributed by atoms with Crippen molar-refractivity contribution in [2.45, 2.75) is 13.1 Å². The van der Waals surface area contributed by atoms with Crippen LogP contribution in [0, 0.1) is 5.82 Å². The molecule has 0 spiro atoms. The normalized spacial score (nSPS) is 11.3. The molecule has 0 bridgehead atoms. The van der Waals surface area contributed by atoms with Gasteiger partial charge >= 0.3 is 6.18 Å². The first-order chi connectivity index (χ1) is 7.29. The first-order valence-corrected chi connectivity index (χ1v) is 4.15. The van der Waals surface area contributed by atoms with E-state index in [1.807, 2.05) is 0 Å². The molecule has 0 radical (unpaired) electrons. The molecule has 0 aromatic heterocycles. The average Bonchev–Trinajstić information content (AvgIpc) is 2.15. The Morgan fingerprint density at radius 1 is 1.31 bits per heavy atom. The number of benzene rings is 1. The standard InChI is InChI=1S/C10H6F4O2/c1-5(16)8-7(10(12,13)14)3-2-6(4-15)9(8)11/h2-4H,1H3. The molecule has 0 aliphatic rings. The quantitative estimate of drug-likeness (QED) is 0.448. The van der Waals surface area contributed by atoms with Crippen LogP contribution in [0.1, 0.15) is 33.2 Å². The zero-order chi connectivity index (χ0) is 12.5. The monoisotopic (exact) mass is 234 g/mol. The van der Waals surface area contributed by atoms with Gasteiger partial charge in [0.05, 0.1) is 16.7 Å². The van der Waals surface area contributed by atoms with Gasteiger partial charge in [-0.15, -0.1) is 0 Å². The predicted molar refractivity (Wildman–Crippen MR) is 46.8 cm³/mol. The minimum absolute atomic E-state index is 0.0575. The summed E-state index contributed by atoms with van der Waals surface area (Å²) in [4.78, 5) is 21.3. The van der Waals surface area contributed by atoms with E-state index in [1.165, 1.54) is 0 Å². The number of hydrogen-bond acceptors (Lipinski definition) is 2. The van der Waals surface area contributed by atoms with Gasteiger partial charge in [0, 0.05) is 0 Å². The van der Waals surface area contributed by atoms with E-state index in [4.69, 9.17) is 0 Å². The van der Waals surface area contributed by atoms with E-state index in [9.17, 15) is 27.2 Å². The van der Waals surface area contributed by atoms with Crippen molar-refractivity contribution in [2.75, 3.05) is 0 Å². The molecular formula is C10H6F4O2. The molecule has 2 nitrogen and oxygen atoms in total. The number of carbonyl (C=O) groups is 2. The molecule has 0 fully saturated rings. The van der Waals surface area contributed by atoms with Crippen LogP contribution in [0.4, 0.5) is 17.6 Å². The highest BCUT2D eigenvalue weighted by atomic mass is 19.4. The SMILES string of the molecule is CC(=O)c1c(C(F)(F)F)ccc(C=O)c1F. The highest BCUT2D eigenvalue weighted by molar-refractivity contribution is 5.97. The Morgan fingerprint density at radius 2 is 1.88 bits per heavy atom. The molecule has 0 N–H and O–H groups in total. The Balaban J connectivity index is 3.60. The molecule has 1 aromatic rings. The summed E-state index contributed by atoms with van der Waals surface area (Å²) in [6.45, 7) is 0.808. The summed E-state index contributed by atoms with van der Waals surface area (Å²) in [5.41, 5.74) is -3.04. The van der Waals surface area contributed by atoms with Crippen molar-refractivity contribution < 1.29 is 27.2 Å². The number of aldehydes is 1. The van der Waals surface area contributed by atoms with Crippen molar-refractivity contribution >= 4 is 12.1 Å². The van der Waals surface area contributed by atoms with Crippen LogP contribution in [-0.2, 0) is 6.18 Å². The number of alkyl halides is 3. The van der Waals surface area contributed by atoms with Crippen LogP contribution >= 0.6 is 0 Å². The van der Waals surface area contributed by atoms with Gasteiger partial charge < -0.3 is 0 Å². The van der Waals surface area contributed by atoms with Gasteiger partial charge in [0.15, 0.2) is 12.1 Å². The number of ketones is 1. The van der Waals surface area contributed by atoms with E-state index < -0.39 is 34.5 Å². The third kappa shape index (κ3) is 2.10. The molecule has 0 atom stereocenters. The smallest absolute Gasteiger partial charge is 0.298 e. The summed E-state index contributed by atoms with van der Waals surface area (Å²) in [6.07, 6.45) is -4.77. The molecule has 6 heteroatoms. The van der Waals surface area contributed by atoms with Crippen molar-refractivity contribution in [3.63, 3.8) is 0 Å². The highest BCUT2D eigenvalue weighted by Crippen LogP contribution is 2.34. The van der Waals surface area contributed by atoms with Gasteiger partial charge in [-0.25, -0.2) is 4.39 Å². The van der Waals surface area contributed by atoms with Gasteiger partial charge in [0.1, 0.15) is 5.82 Å². The topological polar surface area (TPSA) is 34.1 Å². The number of hydrogen-bond donors (Lipinski definition) is 0. The minimum Gasteiger partial charge on any atom is -0.298 e. The van der Waals surface area contributed by atoms with E-state index in [0.29, 0.717) is 12.1 Å². The van der Waals surface area contributed by atoms with E-state index in [1.54, 1.807) is 0 Å². The third-order valence-corrected chi connectivity index (χ3v) is 1.96. The van der Waals surface area contributed by atoms with E-state index in [0.717, 1.165) is 6.92 Å². The molecule has 0 unspecified atom stereocenters. The summed E-state index contributed by atoms with van der Waals surface area (Å²) in [5, 5.41) is 0. The van der Waals surface area contributed by atoms with E-state index >= 15 is 0 Å². The lowest BCUT2D eigenvalue weighted by Gasteiger charge is -2.12. The van der Waals surface area contributed by atoms with E-state index in [2.05, 4.69) is 0 Å². The molecule has 0 saturated heterocycles. The lowest BCUT2D eigenvalue weighted by atomic mass is 10.00. The van der Waals surface area contributed by atoms with Crippen molar-refractivity contribution in [3.05, 3.63) is 34.6 Å². The third-order valence-electron chi connectivity index (χ3n) is 1.96. The van der Waals surface area contributed by atoms with Crippen LogP contribution in [0.3, 0.4) is 0 Å². The minimum atomic E-state index is -4.83. The van der Waals surface area contributed by atoms with Crippen molar-refractivity contribution in [3.8, 4) is 0 Å². The zero-order valence-electron chi connectivity index (χ0n) is 8.06. The van der Waals surface area contributed by atoms with Crippen molar-refractivity contribution in [2.24, 2.45) is 0 Å². The van der Waals surface area contributed by atoms with Crippen LogP contribution in [0.5, 0.6) is 0 Å². The molecule has 0 aliphatic heterocycles.